The highest BCUT2D eigenvalue weighted by molar-refractivity contribution is 6.12. The third-order valence-electron chi connectivity index (χ3n) is 9.57. The number of para-hydroxylation sites is 3. The van der Waals surface area contributed by atoms with Crippen LogP contribution in [0.2, 0.25) is 0 Å². The standard InChI is InChI=1S/C41H30N4/c1-41(2)35-15-7-3-11-29(35)33-24-34-32-14-4-8-16-37(32)44(40(34)25-36(33)41)22-20-27(26-43)23-28(19-21-42)45-38-17-9-5-12-30(38)31-13-6-10-18-39(31)45/h3-20,22,24-25,27H,23H2,1-2H3/b22-20+,28-19-. The Kier molecular flexibility index (Phi) is 6.02. The molecule has 1 atom stereocenters. The van der Waals surface area contributed by atoms with Crippen LogP contribution in [-0.2, 0) is 5.41 Å². The van der Waals surface area contributed by atoms with Crippen LogP contribution in [0, 0.1) is 28.6 Å². The van der Waals surface area contributed by atoms with Crippen LogP contribution in [0.15, 0.2) is 121 Å². The maximum absolute atomic E-state index is 10.4. The van der Waals surface area contributed by atoms with Gasteiger partial charge in [0.2, 0.25) is 0 Å². The molecule has 1 aliphatic rings. The Hall–Kier alpha value is -5.84. The number of fused-ring (bicyclic) bond motifs is 9. The molecule has 214 valence electrons. The van der Waals surface area contributed by atoms with E-state index in [0.29, 0.717) is 6.42 Å². The average molecular weight is 579 g/mol. The summed E-state index contributed by atoms with van der Waals surface area (Å²) in [6.07, 6.45) is 6.02. The number of aromatic nitrogens is 2. The van der Waals surface area contributed by atoms with Crippen molar-refractivity contribution in [3.63, 3.8) is 0 Å². The van der Waals surface area contributed by atoms with Gasteiger partial charge in [-0.1, -0.05) is 98.8 Å². The van der Waals surface area contributed by atoms with Crippen LogP contribution >= 0.6 is 0 Å². The van der Waals surface area contributed by atoms with Gasteiger partial charge in [0.25, 0.3) is 0 Å². The Bertz CT molecular complexity index is 2410. The number of benzene rings is 5. The predicted octanol–water partition coefficient (Wildman–Crippen LogP) is 10.3. The summed E-state index contributed by atoms with van der Waals surface area (Å²) in [7, 11) is 0. The van der Waals surface area contributed by atoms with E-state index in [2.05, 4.69) is 126 Å². The fourth-order valence-corrected chi connectivity index (χ4v) is 7.45. The van der Waals surface area contributed by atoms with Gasteiger partial charge >= 0.3 is 0 Å². The molecule has 8 rings (SSSR count). The van der Waals surface area contributed by atoms with Gasteiger partial charge in [-0.15, -0.1) is 0 Å². The highest BCUT2D eigenvalue weighted by atomic mass is 15.0. The zero-order valence-corrected chi connectivity index (χ0v) is 25.2. The van der Waals surface area contributed by atoms with E-state index >= 15 is 0 Å². The van der Waals surface area contributed by atoms with E-state index in [-0.39, 0.29) is 5.41 Å². The third-order valence-corrected chi connectivity index (χ3v) is 9.57. The van der Waals surface area contributed by atoms with Gasteiger partial charge in [0.15, 0.2) is 0 Å². The summed E-state index contributed by atoms with van der Waals surface area (Å²) in [5, 5.41) is 24.9. The van der Waals surface area contributed by atoms with Gasteiger partial charge in [0.1, 0.15) is 0 Å². The second-order valence-corrected chi connectivity index (χ2v) is 12.4. The average Bonchev–Trinajstić information content (AvgIpc) is 3.65. The lowest BCUT2D eigenvalue weighted by Gasteiger charge is -2.21. The summed E-state index contributed by atoms with van der Waals surface area (Å²) in [4.78, 5) is 0. The monoisotopic (exact) mass is 578 g/mol. The van der Waals surface area contributed by atoms with Crippen LogP contribution in [0.3, 0.4) is 0 Å². The van der Waals surface area contributed by atoms with Crippen molar-refractivity contribution >= 4 is 55.5 Å². The van der Waals surface area contributed by atoms with E-state index < -0.39 is 5.92 Å². The molecule has 0 aliphatic heterocycles. The summed E-state index contributed by atoms with van der Waals surface area (Å²) in [6.45, 7) is 4.60. The molecule has 1 aliphatic carbocycles. The van der Waals surface area contributed by atoms with E-state index in [1.54, 1.807) is 6.08 Å². The molecule has 4 nitrogen and oxygen atoms in total. The minimum Gasteiger partial charge on any atom is -0.316 e. The van der Waals surface area contributed by atoms with E-state index in [9.17, 15) is 10.5 Å². The highest BCUT2D eigenvalue weighted by Gasteiger charge is 2.36. The van der Waals surface area contributed by atoms with Gasteiger partial charge in [0, 0.05) is 51.4 Å². The number of hydrogen-bond donors (Lipinski definition) is 0. The van der Waals surface area contributed by atoms with Crippen molar-refractivity contribution < 1.29 is 0 Å². The lowest BCUT2D eigenvalue weighted by Crippen LogP contribution is -2.14. The maximum atomic E-state index is 10.4. The van der Waals surface area contributed by atoms with Crippen molar-refractivity contribution in [1.29, 1.82) is 10.5 Å². The smallest absolute Gasteiger partial charge is 0.0930 e. The van der Waals surface area contributed by atoms with Crippen LogP contribution in [0.1, 0.15) is 31.4 Å². The Labute approximate surface area is 262 Å². The summed E-state index contributed by atoms with van der Waals surface area (Å²) in [5.74, 6) is -0.448. The zero-order valence-electron chi connectivity index (χ0n) is 25.2. The summed E-state index contributed by atoms with van der Waals surface area (Å²) in [5.41, 5.74) is 10.2. The first kappa shape index (κ1) is 26.8. The minimum absolute atomic E-state index is 0.112. The first-order valence-electron chi connectivity index (χ1n) is 15.3. The van der Waals surface area contributed by atoms with E-state index in [1.807, 2.05) is 30.3 Å². The van der Waals surface area contributed by atoms with Gasteiger partial charge in [0.05, 0.1) is 40.1 Å². The maximum Gasteiger partial charge on any atom is 0.0930 e. The number of hydrogen-bond acceptors (Lipinski definition) is 2. The van der Waals surface area contributed by atoms with E-state index in [1.165, 1.54) is 33.0 Å². The highest BCUT2D eigenvalue weighted by Crippen LogP contribution is 2.50. The first-order valence-corrected chi connectivity index (χ1v) is 15.3. The van der Waals surface area contributed by atoms with Crippen molar-refractivity contribution in [1.82, 2.24) is 9.13 Å². The molecule has 2 heterocycles. The Morgan fingerprint density at radius 3 is 1.96 bits per heavy atom. The lowest BCUT2D eigenvalue weighted by molar-refractivity contribution is 0.661. The van der Waals surface area contributed by atoms with Crippen molar-refractivity contribution in [3.8, 4) is 23.3 Å². The van der Waals surface area contributed by atoms with Crippen LogP contribution in [-0.4, -0.2) is 9.13 Å². The van der Waals surface area contributed by atoms with Crippen LogP contribution in [0.4, 0.5) is 0 Å². The largest absolute Gasteiger partial charge is 0.316 e. The second-order valence-electron chi connectivity index (χ2n) is 12.4. The summed E-state index contributed by atoms with van der Waals surface area (Å²) >= 11 is 0. The molecule has 0 radical (unpaired) electrons. The third kappa shape index (κ3) is 3.97. The molecule has 0 N–H and O–H groups in total. The molecule has 0 fully saturated rings. The van der Waals surface area contributed by atoms with Gasteiger partial charge < -0.3 is 9.13 Å². The fraction of sp³-hybridized carbons (Fsp3) is 0.122. The number of nitrogens with zero attached hydrogens (tertiary/aromatic N) is 4. The molecular weight excluding hydrogens is 548 g/mol. The fourth-order valence-electron chi connectivity index (χ4n) is 7.45. The van der Waals surface area contributed by atoms with Gasteiger partial charge in [-0.05, 0) is 52.6 Å². The van der Waals surface area contributed by atoms with E-state index in [0.717, 1.165) is 38.5 Å². The molecule has 0 saturated carbocycles. The Morgan fingerprint density at radius 2 is 1.29 bits per heavy atom. The van der Waals surface area contributed by atoms with Crippen molar-refractivity contribution in [2.75, 3.05) is 0 Å². The first-order chi connectivity index (χ1) is 22.0. The molecule has 0 spiro atoms. The van der Waals surface area contributed by atoms with E-state index in [4.69, 9.17) is 0 Å². The number of nitriles is 2. The lowest BCUT2D eigenvalue weighted by atomic mass is 9.82. The Morgan fingerprint density at radius 1 is 0.689 bits per heavy atom. The molecule has 0 amide bonds. The molecule has 45 heavy (non-hydrogen) atoms. The predicted molar refractivity (Wildman–Crippen MR) is 185 cm³/mol. The zero-order chi connectivity index (χ0) is 30.7. The SMILES string of the molecule is CC1(C)c2ccccc2-c2cc3c4ccccc4n(/C=C/C(C#N)C/C(=C/C#N)n4c5ccccc5c5ccccc54)c3cc21. The molecule has 0 bridgehead atoms. The quantitative estimate of drug-likeness (QED) is 0.191. The molecule has 5 aromatic carbocycles. The second kappa shape index (κ2) is 10.1. The summed E-state index contributed by atoms with van der Waals surface area (Å²) in [6, 6.07) is 43.1. The van der Waals surface area contributed by atoms with Gasteiger partial charge in [-0.3, -0.25) is 0 Å². The summed E-state index contributed by atoms with van der Waals surface area (Å²) < 4.78 is 4.36. The number of allylic oxidation sites excluding steroid dienone is 3. The minimum atomic E-state index is -0.448. The molecule has 7 aromatic rings. The van der Waals surface area contributed by atoms with Crippen LogP contribution < -0.4 is 0 Å². The van der Waals surface area contributed by atoms with Gasteiger partial charge in [-0.25, -0.2) is 0 Å². The van der Waals surface area contributed by atoms with Gasteiger partial charge in [-0.2, -0.15) is 10.5 Å². The van der Waals surface area contributed by atoms with Crippen molar-refractivity contribution in [3.05, 3.63) is 132 Å². The van der Waals surface area contributed by atoms with Crippen LogP contribution in [0.25, 0.3) is 66.6 Å². The molecule has 1 unspecified atom stereocenters. The normalized spacial score (nSPS) is 14.6. The van der Waals surface area contributed by atoms with Crippen molar-refractivity contribution in [2.24, 2.45) is 5.92 Å². The van der Waals surface area contributed by atoms with Crippen LogP contribution in [0.5, 0.6) is 0 Å². The molecular formula is C41H30N4. The molecule has 4 heteroatoms. The number of rotatable bonds is 5. The van der Waals surface area contributed by atoms with Crippen molar-refractivity contribution in [2.45, 2.75) is 25.7 Å². The topological polar surface area (TPSA) is 57.4 Å². The molecule has 2 aromatic heterocycles. The Balaban J connectivity index is 1.24. The molecule has 0 saturated heterocycles.